The number of carbonyl (C=O) groups is 1. The van der Waals surface area contributed by atoms with Crippen LogP contribution in [0.2, 0.25) is 0 Å². The highest BCUT2D eigenvalue weighted by atomic mass is 16.6. The van der Waals surface area contributed by atoms with Gasteiger partial charge in [-0.2, -0.15) is 0 Å². The van der Waals surface area contributed by atoms with Crippen molar-refractivity contribution in [2.45, 2.75) is 26.4 Å². The first kappa shape index (κ1) is 16.1. The summed E-state index contributed by atoms with van der Waals surface area (Å²) in [4.78, 5) is 23.7. The molecule has 0 fully saturated rings. The van der Waals surface area contributed by atoms with E-state index in [-0.39, 0.29) is 12.7 Å². The van der Waals surface area contributed by atoms with Crippen LogP contribution in [-0.2, 0) is 9.53 Å². The number of hydrogen-bond acceptors (Lipinski definition) is 5. The second-order valence-electron chi connectivity index (χ2n) is 5.59. The van der Waals surface area contributed by atoms with Crippen LogP contribution in [0, 0.1) is 0 Å². The molecular formula is C19H18O5. The number of rotatable bonds is 5. The lowest BCUT2D eigenvalue weighted by Crippen LogP contribution is -2.20. The molecule has 3 rings (SSSR count). The normalized spacial score (nSPS) is 12.2. The van der Waals surface area contributed by atoms with Crippen molar-refractivity contribution in [2.24, 2.45) is 0 Å². The van der Waals surface area contributed by atoms with E-state index in [4.69, 9.17) is 13.9 Å². The molecule has 0 spiro atoms. The molecule has 0 saturated heterocycles. The molecule has 1 unspecified atom stereocenters. The summed E-state index contributed by atoms with van der Waals surface area (Å²) in [6, 6.07) is 12.4. The summed E-state index contributed by atoms with van der Waals surface area (Å²) < 4.78 is 15.9. The van der Waals surface area contributed by atoms with Gasteiger partial charge in [0.15, 0.2) is 6.61 Å². The molecule has 0 radical (unpaired) electrons. The van der Waals surface area contributed by atoms with Gasteiger partial charge in [0.2, 0.25) is 0 Å². The molecule has 2 aromatic carbocycles. The van der Waals surface area contributed by atoms with Gasteiger partial charge in [-0.25, -0.2) is 9.59 Å². The van der Waals surface area contributed by atoms with Gasteiger partial charge in [0.25, 0.3) is 0 Å². The zero-order chi connectivity index (χ0) is 17.1. The maximum absolute atomic E-state index is 12.0. The van der Waals surface area contributed by atoms with Gasteiger partial charge in [-0.1, -0.05) is 25.1 Å². The summed E-state index contributed by atoms with van der Waals surface area (Å²) in [5, 5.41) is 2.18. The SMILES string of the molecule is CCC(C)OC(=O)COc1ccc2c(c1)oc(=O)c1ccccc12. The minimum absolute atomic E-state index is 0.137. The molecule has 1 aromatic heterocycles. The molecule has 1 atom stereocenters. The van der Waals surface area contributed by atoms with Crippen molar-refractivity contribution in [1.82, 2.24) is 0 Å². The summed E-state index contributed by atoms with van der Waals surface area (Å²) in [5.74, 6) is 0.0199. The van der Waals surface area contributed by atoms with Gasteiger partial charge >= 0.3 is 11.6 Å². The van der Waals surface area contributed by atoms with Gasteiger partial charge in [-0.3, -0.25) is 0 Å². The monoisotopic (exact) mass is 326 g/mol. The largest absolute Gasteiger partial charge is 0.482 e. The Bertz CT molecular complexity index is 941. The lowest BCUT2D eigenvalue weighted by atomic mass is 10.1. The molecule has 0 N–H and O–H groups in total. The quantitative estimate of drug-likeness (QED) is 0.407. The molecule has 3 aromatic rings. The van der Waals surface area contributed by atoms with Crippen molar-refractivity contribution in [2.75, 3.05) is 6.61 Å². The van der Waals surface area contributed by atoms with Crippen molar-refractivity contribution < 1.29 is 18.7 Å². The molecule has 24 heavy (non-hydrogen) atoms. The minimum Gasteiger partial charge on any atom is -0.482 e. The maximum atomic E-state index is 12.0. The molecule has 0 aliphatic rings. The maximum Gasteiger partial charge on any atom is 0.344 e. The third kappa shape index (κ3) is 3.25. The van der Waals surface area contributed by atoms with Gasteiger partial charge in [-0.05, 0) is 36.9 Å². The second-order valence-corrected chi connectivity index (χ2v) is 5.59. The van der Waals surface area contributed by atoms with Crippen LogP contribution in [0.5, 0.6) is 5.75 Å². The smallest absolute Gasteiger partial charge is 0.344 e. The van der Waals surface area contributed by atoms with Crippen molar-refractivity contribution in [3.05, 3.63) is 52.9 Å². The molecule has 0 aliphatic heterocycles. The Morgan fingerprint density at radius 3 is 2.62 bits per heavy atom. The molecule has 0 aliphatic carbocycles. The lowest BCUT2D eigenvalue weighted by molar-refractivity contribution is -0.150. The van der Waals surface area contributed by atoms with Crippen LogP contribution >= 0.6 is 0 Å². The third-order valence-corrected chi connectivity index (χ3v) is 3.86. The number of benzene rings is 2. The fraction of sp³-hybridized carbons (Fsp3) is 0.263. The predicted octanol–water partition coefficient (Wildman–Crippen LogP) is 3.67. The summed E-state index contributed by atoms with van der Waals surface area (Å²) in [7, 11) is 0. The zero-order valence-electron chi connectivity index (χ0n) is 13.6. The fourth-order valence-corrected chi connectivity index (χ4v) is 2.43. The topological polar surface area (TPSA) is 65.7 Å². The highest BCUT2D eigenvalue weighted by molar-refractivity contribution is 6.04. The number of ether oxygens (including phenoxy) is 2. The van der Waals surface area contributed by atoms with E-state index >= 15 is 0 Å². The number of carbonyl (C=O) groups excluding carboxylic acids is 1. The van der Waals surface area contributed by atoms with Crippen molar-refractivity contribution in [1.29, 1.82) is 0 Å². The van der Waals surface area contributed by atoms with Crippen LogP contribution in [0.15, 0.2) is 51.7 Å². The van der Waals surface area contributed by atoms with Crippen LogP contribution in [0.4, 0.5) is 0 Å². The molecule has 0 saturated carbocycles. The van der Waals surface area contributed by atoms with E-state index in [0.29, 0.717) is 16.7 Å². The first-order chi connectivity index (χ1) is 11.6. The highest BCUT2D eigenvalue weighted by Gasteiger charge is 2.11. The lowest BCUT2D eigenvalue weighted by Gasteiger charge is -2.11. The van der Waals surface area contributed by atoms with Crippen molar-refractivity contribution in [3.63, 3.8) is 0 Å². The third-order valence-electron chi connectivity index (χ3n) is 3.86. The summed E-state index contributed by atoms with van der Waals surface area (Å²) in [6.07, 6.45) is 0.613. The van der Waals surface area contributed by atoms with Crippen LogP contribution in [0.25, 0.3) is 21.7 Å². The Morgan fingerprint density at radius 2 is 1.88 bits per heavy atom. The van der Waals surface area contributed by atoms with E-state index in [9.17, 15) is 9.59 Å². The molecule has 0 amide bonds. The molecular weight excluding hydrogens is 308 g/mol. The average Bonchev–Trinajstić information content (AvgIpc) is 2.60. The minimum atomic E-state index is -0.426. The van der Waals surface area contributed by atoms with Crippen LogP contribution < -0.4 is 10.4 Å². The Kier molecular flexibility index (Phi) is 4.51. The van der Waals surface area contributed by atoms with E-state index in [0.717, 1.165) is 17.2 Å². The Hall–Kier alpha value is -2.82. The first-order valence-corrected chi connectivity index (χ1v) is 7.86. The van der Waals surface area contributed by atoms with Crippen LogP contribution in [-0.4, -0.2) is 18.7 Å². The molecule has 0 bridgehead atoms. The Labute approximate surface area is 138 Å². The van der Waals surface area contributed by atoms with Crippen LogP contribution in [0.3, 0.4) is 0 Å². The van der Waals surface area contributed by atoms with E-state index in [1.165, 1.54) is 0 Å². The average molecular weight is 326 g/mol. The standard InChI is InChI=1S/C19H18O5/c1-3-12(2)23-18(20)11-22-13-8-9-15-14-6-4-5-7-16(14)19(21)24-17(15)10-13/h4-10,12H,3,11H2,1-2H3. The van der Waals surface area contributed by atoms with Gasteiger partial charge in [0.05, 0.1) is 11.5 Å². The van der Waals surface area contributed by atoms with Crippen molar-refractivity contribution in [3.8, 4) is 5.75 Å². The van der Waals surface area contributed by atoms with Crippen molar-refractivity contribution >= 4 is 27.7 Å². The Balaban J connectivity index is 1.85. The van der Waals surface area contributed by atoms with Crippen LogP contribution in [0.1, 0.15) is 20.3 Å². The van der Waals surface area contributed by atoms with E-state index in [2.05, 4.69) is 0 Å². The van der Waals surface area contributed by atoms with Gasteiger partial charge in [0, 0.05) is 11.5 Å². The van der Waals surface area contributed by atoms with E-state index in [1.807, 2.05) is 32.0 Å². The van der Waals surface area contributed by atoms with E-state index < -0.39 is 11.6 Å². The second kappa shape index (κ2) is 6.74. The zero-order valence-corrected chi connectivity index (χ0v) is 13.6. The summed E-state index contributed by atoms with van der Waals surface area (Å²) >= 11 is 0. The summed E-state index contributed by atoms with van der Waals surface area (Å²) in [5.41, 5.74) is 0.0259. The predicted molar refractivity (Wildman–Crippen MR) is 91.3 cm³/mol. The number of fused-ring (bicyclic) bond motifs is 3. The summed E-state index contributed by atoms with van der Waals surface area (Å²) in [6.45, 7) is 3.58. The molecule has 124 valence electrons. The number of hydrogen-bond donors (Lipinski definition) is 0. The van der Waals surface area contributed by atoms with Gasteiger partial charge in [0.1, 0.15) is 11.3 Å². The molecule has 5 heteroatoms. The highest BCUT2D eigenvalue weighted by Crippen LogP contribution is 2.26. The fourth-order valence-electron chi connectivity index (χ4n) is 2.43. The van der Waals surface area contributed by atoms with Gasteiger partial charge < -0.3 is 13.9 Å². The van der Waals surface area contributed by atoms with Gasteiger partial charge in [-0.15, -0.1) is 0 Å². The first-order valence-electron chi connectivity index (χ1n) is 7.86. The van der Waals surface area contributed by atoms with E-state index in [1.54, 1.807) is 24.3 Å². The Morgan fingerprint density at radius 1 is 1.12 bits per heavy atom. The molecule has 5 nitrogen and oxygen atoms in total. The number of esters is 1. The molecule has 1 heterocycles.